The van der Waals surface area contributed by atoms with Crippen molar-refractivity contribution < 1.29 is 62.1 Å². The third-order valence-corrected chi connectivity index (χ3v) is 15.0. The van der Waals surface area contributed by atoms with Gasteiger partial charge in [0.1, 0.15) is 19.0 Å². The molecule has 1 aromatic carbocycles. The fourth-order valence-corrected chi connectivity index (χ4v) is 10.5. The fraction of sp³-hybridized carbons (Fsp3) is 0.632. The smallest absolute Gasteiger partial charge is 0.308 e. The highest BCUT2D eigenvalue weighted by Crippen LogP contribution is 2.37. The van der Waals surface area contributed by atoms with E-state index in [0.29, 0.717) is 62.3 Å². The number of aliphatic imine (C=N–C) groups is 3. The number of carbonyl (C=O) groups is 2. The van der Waals surface area contributed by atoms with E-state index in [-0.39, 0.29) is 79.8 Å². The number of methoxy groups -OCH3 is 6. The van der Waals surface area contributed by atoms with Crippen molar-refractivity contribution in [2.24, 2.45) is 44.6 Å². The Labute approximate surface area is 433 Å². The molecule has 1 aromatic rings. The summed E-state index contributed by atoms with van der Waals surface area (Å²) in [7, 11) is 9.80. The Morgan fingerprint density at radius 1 is 0.795 bits per heavy atom. The molecule has 0 amide bonds. The van der Waals surface area contributed by atoms with Gasteiger partial charge in [-0.2, -0.15) is 0 Å². The van der Waals surface area contributed by atoms with Gasteiger partial charge in [-0.1, -0.05) is 71.1 Å². The number of rotatable bonds is 19. The normalized spacial score (nSPS) is 29.8. The molecule has 1 saturated heterocycles. The minimum absolute atomic E-state index is 0.00785. The summed E-state index contributed by atoms with van der Waals surface area (Å²) in [6.07, 6.45) is 14.6. The number of aliphatic hydroxyl groups excluding tert-OH is 1. The van der Waals surface area contributed by atoms with Gasteiger partial charge >= 0.3 is 5.97 Å². The maximum absolute atomic E-state index is 13.8. The molecule has 6 rings (SSSR count). The van der Waals surface area contributed by atoms with Crippen LogP contribution in [0.1, 0.15) is 104 Å². The van der Waals surface area contributed by atoms with Gasteiger partial charge in [-0.05, 0) is 67.4 Å². The Bertz CT molecular complexity index is 2270. The van der Waals surface area contributed by atoms with Crippen molar-refractivity contribution in [3.63, 3.8) is 0 Å². The molecular formula is C57H81N3O13. The molecule has 0 radical (unpaired) electrons. The molecule has 0 spiro atoms. The lowest BCUT2D eigenvalue weighted by Crippen LogP contribution is -2.39. The van der Waals surface area contributed by atoms with Gasteiger partial charge in [0.05, 0.1) is 92.2 Å². The number of ketones is 1. The van der Waals surface area contributed by atoms with Gasteiger partial charge < -0.3 is 52.5 Å². The fourth-order valence-electron chi connectivity index (χ4n) is 10.5. The van der Waals surface area contributed by atoms with Crippen LogP contribution in [0.5, 0.6) is 11.5 Å². The minimum atomic E-state index is -1.08. The van der Waals surface area contributed by atoms with Gasteiger partial charge in [0.15, 0.2) is 23.6 Å². The standard InChI is InChI=1S/C57H81N3O13/c1-34(18-26-49(38(5)56-35(2)28-55(68-10)73-56)71-33-70-32-39-19-27-50(65-7)53(29-39)67-9)51(66-8)31-52-37(4)48(64-6)17-12-14-40-20-21-42(58-40)43-22-23-44(59-43)45-24-25-46(60-45)57(69-11)36(3)47(62)16-13-15-41(61)30-54(63)72-52/h12-14,16,19,21,23,25,27,29,34-38,41,48-49,51-52,55-57,61H,15,17-18,20,22,24,26,28,30-33H2,1-11H3/b14-12+,16-13+/t34-,35+,36-,37+,38-,41-,48-,49+,51-,52-,55?,56+,57?/m0/s1. The zero-order valence-electron chi connectivity index (χ0n) is 45.0. The zero-order chi connectivity index (χ0) is 52.6. The maximum Gasteiger partial charge on any atom is 0.308 e. The molecule has 16 nitrogen and oxygen atoms in total. The van der Waals surface area contributed by atoms with Gasteiger partial charge in [0, 0.05) is 78.1 Å². The molecule has 73 heavy (non-hydrogen) atoms. The van der Waals surface area contributed by atoms with Gasteiger partial charge in [0.2, 0.25) is 0 Å². The first-order valence-corrected chi connectivity index (χ1v) is 26.0. The van der Waals surface area contributed by atoms with Crippen molar-refractivity contribution in [3.8, 4) is 11.5 Å². The number of ether oxygens (including phenoxy) is 10. The third kappa shape index (κ3) is 15.7. The van der Waals surface area contributed by atoms with E-state index in [1.807, 2.05) is 37.3 Å². The quantitative estimate of drug-likeness (QED) is 0.0600. The van der Waals surface area contributed by atoms with Crippen LogP contribution in [-0.2, 0) is 54.1 Å². The van der Waals surface area contributed by atoms with Crippen molar-refractivity contribution in [2.75, 3.05) is 49.5 Å². The molecule has 402 valence electrons. The molecular weight excluding hydrogens is 935 g/mol. The van der Waals surface area contributed by atoms with Crippen molar-refractivity contribution in [2.45, 2.75) is 154 Å². The molecule has 0 aliphatic carbocycles. The van der Waals surface area contributed by atoms with Crippen LogP contribution in [0, 0.1) is 29.6 Å². The van der Waals surface area contributed by atoms with Crippen LogP contribution in [0.15, 0.2) is 92.8 Å². The van der Waals surface area contributed by atoms with E-state index in [9.17, 15) is 14.7 Å². The summed E-state index contributed by atoms with van der Waals surface area (Å²) in [6.45, 7) is 10.7. The molecule has 1 N–H and O–H groups in total. The van der Waals surface area contributed by atoms with Crippen LogP contribution in [0.3, 0.4) is 0 Å². The average molecular weight is 1020 g/mol. The first-order chi connectivity index (χ1) is 35.2. The van der Waals surface area contributed by atoms with Crippen molar-refractivity contribution in [3.05, 3.63) is 83.4 Å². The predicted molar refractivity (Wildman–Crippen MR) is 280 cm³/mol. The van der Waals surface area contributed by atoms with Crippen molar-refractivity contribution in [1.29, 1.82) is 0 Å². The third-order valence-electron chi connectivity index (χ3n) is 15.0. The Morgan fingerprint density at radius 2 is 1.52 bits per heavy atom. The first kappa shape index (κ1) is 57.6. The van der Waals surface area contributed by atoms with Crippen LogP contribution in [0.25, 0.3) is 0 Å². The molecule has 1 fully saturated rings. The number of nitrogens with zero attached hydrogens (tertiary/aromatic N) is 3. The molecule has 0 aromatic heterocycles. The Hall–Kier alpha value is -4.65. The highest BCUT2D eigenvalue weighted by atomic mass is 16.7. The number of aliphatic hydroxyl groups is 1. The number of esters is 1. The highest BCUT2D eigenvalue weighted by molar-refractivity contribution is 6.14. The lowest BCUT2D eigenvalue weighted by Gasteiger charge is -2.35. The molecule has 5 aliphatic rings. The number of allylic oxidation sites excluding steroid dienone is 7. The molecule has 0 saturated carbocycles. The predicted octanol–water partition coefficient (Wildman–Crippen LogP) is 9.04. The monoisotopic (exact) mass is 1020 g/mol. The van der Waals surface area contributed by atoms with E-state index in [1.165, 1.54) is 6.08 Å². The number of hydrogen-bond acceptors (Lipinski definition) is 16. The molecule has 5 heterocycles. The van der Waals surface area contributed by atoms with Crippen LogP contribution >= 0.6 is 0 Å². The summed E-state index contributed by atoms with van der Waals surface area (Å²) in [5.74, 6) is -0.0103. The summed E-state index contributed by atoms with van der Waals surface area (Å²) in [6, 6.07) is 5.68. The van der Waals surface area contributed by atoms with Crippen LogP contribution in [0.2, 0.25) is 0 Å². The lowest BCUT2D eigenvalue weighted by molar-refractivity contribution is -0.163. The second-order valence-electron chi connectivity index (χ2n) is 20.0. The highest BCUT2D eigenvalue weighted by Gasteiger charge is 2.40. The molecule has 16 heteroatoms. The van der Waals surface area contributed by atoms with E-state index in [0.717, 1.165) is 46.9 Å². The van der Waals surface area contributed by atoms with Crippen LogP contribution in [-0.4, -0.2) is 132 Å². The second-order valence-corrected chi connectivity index (χ2v) is 20.0. The number of fused-ring (bicyclic) bond motifs is 5. The van der Waals surface area contributed by atoms with E-state index >= 15 is 0 Å². The Kier molecular flexibility index (Phi) is 22.3. The minimum Gasteiger partial charge on any atom is -0.493 e. The topological polar surface area (TPSA) is 184 Å². The SMILES string of the molecule is COc1ccc(COCO[C@H](CC[C@H](C)[C@H](C[C@@H]2OC(=O)C[C@@H](O)C/C=C/C(=O)[C@H](C)C(OC)C3=CCC(=N3)C3=CCC(=N3)C3=CCC(=N3)/C=C/C[C@H](OC)[C@H]2C)OC)[C@H](C)[C@@H]2OC(OC)C[C@H]2C)cc1OC. The summed E-state index contributed by atoms with van der Waals surface area (Å²) in [4.78, 5) is 41.9. The molecule has 6 bridgehead atoms. The number of cyclic esters (lactones) is 1. The van der Waals surface area contributed by atoms with E-state index in [4.69, 9.17) is 62.3 Å². The summed E-state index contributed by atoms with van der Waals surface area (Å²) >= 11 is 0. The molecule has 2 unspecified atom stereocenters. The van der Waals surface area contributed by atoms with Gasteiger partial charge in [0.25, 0.3) is 0 Å². The number of carbonyl (C=O) groups excluding carboxylic acids is 2. The number of benzene rings is 1. The van der Waals surface area contributed by atoms with Crippen LogP contribution in [0.4, 0.5) is 0 Å². The van der Waals surface area contributed by atoms with E-state index in [2.05, 4.69) is 39.0 Å². The summed E-state index contributed by atoms with van der Waals surface area (Å²) in [5.41, 5.74) is 5.89. The van der Waals surface area contributed by atoms with Gasteiger partial charge in [-0.25, -0.2) is 4.99 Å². The lowest BCUT2D eigenvalue weighted by atomic mass is 9.84. The Morgan fingerprint density at radius 3 is 2.23 bits per heavy atom. The van der Waals surface area contributed by atoms with Crippen molar-refractivity contribution in [1.82, 2.24) is 0 Å². The number of hydrogen-bond donors (Lipinski definition) is 1. The van der Waals surface area contributed by atoms with Crippen LogP contribution < -0.4 is 9.47 Å². The van der Waals surface area contributed by atoms with Gasteiger partial charge in [-0.15, -0.1) is 0 Å². The van der Waals surface area contributed by atoms with E-state index < -0.39 is 30.2 Å². The maximum atomic E-state index is 13.8. The molecule has 5 aliphatic heterocycles. The summed E-state index contributed by atoms with van der Waals surface area (Å²) < 4.78 is 60.0. The summed E-state index contributed by atoms with van der Waals surface area (Å²) in [5, 5.41) is 11.1. The van der Waals surface area contributed by atoms with Crippen molar-refractivity contribution >= 4 is 28.9 Å². The second kappa shape index (κ2) is 28.3. The van der Waals surface area contributed by atoms with E-state index in [1.54, 1.807) is 55.7 Å². The average Bonchev–Trinajstić information content (AvgIpc) is 4.24. The zero-order valence-corrected chi connectivity index (χ0v) is 45.0. The Balaban J connectivity index is 1.17. The first-order valence-electron chi connectivity index (χ1n) is 26.0. The molecule has 13 atom stereocenters. The van der Waals surface area contributed by atoms with Gasteiger partial charge in [-0.3, -0.25) is 19.6 Å². The largest absolute Gasteiger partial charge is 0.493 e.